The fraction of sp³-hybridized carbons (Fsp3) is 0.0455. The van der Waals surface area contributed by atoms with Crippen LogP contribution in [0.1, 0.15) is 28.4 Å². The lowest BCUT2D eigenvalue weighted by atomic mass is 9.86. The Morgan fingerprint density at radius 1 is 0.906 bits per heavy atom. The molecule has 0 spiro atoms. The normalized spacial score (nSPS) is 15.6. The number of allylic oxidation sites excluding steroid dienone is 4. The van der Waals surface area contributed by atoms with E-state index in [4.69, 9.17) is 0 Å². The van der Waals surface area contributed by atoms with Crippen LogP contribution in [-0.4, -0.2) is 46.0 Å². The van der Waals surface area contributed by atoms with Crippen LogP contribution < -0.4 is 0 Å². The Labute approximate surface area is 182 Å². The zero-order chi connectivity index (χ0) is 23.8. The highest BCUT2D eigenvalue weighted by Crippen LogP contribution is 2.36. The van der Waals surface area contributed by atoms with Gasteiger partial charge >= 0.3 is 11.9 Å². The molecule has 1 aliphatic carbocycles. The molecule has 0 amide bonds. The largest absolute Gasteiger partial charge is 0.507 e. The molecule has 0 saturated heterocycles. The summed E-state index contributed by atoms with van der Waals surface area (Å²) >= 11 is 0. The molecule has 164 valence electrons. The lowest BCUT2D eigenvalue weighted by Crippen LogP contribution is -2.17. The first-order chi connectivity index (χ1) is 14.9. The molecule has 2 aromatic rings. The Morgan fingerprint density at radius 3 is 2.16 bits per heavy atom. The molecule has 0 heterocycles. The molecule has 10 heteroatoms. The van der Waals surface area contributed by atoms with Gasteiger partial charge in [-0.2, -0.15) is 8.42 Å². The second-order valence-electron chi connectivity index (χ2n) is 6.86. The van der Waals surface area contributed by atoms with Gasteiger partial charge in [0.25, 0.3) is 10.1 Å². The van der Waals surface area contributed by atoms with Crippen LogP contribution in [0.2, 0.25) is 0 Å². The molecule has 2 aromatic carbocycles. The lowest BCUT2D eigenvalue weighted by molar-refractivity contribution is -0.134. The van der Waals surface area contributed by atoms with Crippen molar-refractivity contribution in [2.75, 3.05) is 0 Å². The van der Waals surface area contributed by atoms with Crippen molar-refractivity contribution in [3.05, 3.63) is 88.0 Å². The Balaban J connectivity index is 2.50. The van der Waals surface area contributed by atoms with Gasteiger partial charge in [-0.3, -0.25) is 9.35 Å². The van der Waals surface area contributed by atoms with Crippen molar-refractivity contribution in [1.82, 2.24) is 0 Å². The average Bonchev–Trinajstić information content (AvgIpc) is 2.71. The van der Waals surface area contributed by atoms with Crippen LogP contribution >= 0.6 is 0 Å². The van der Waals surface area contributed by atoms with Gasteiger partial charge in [0.15, 0.2) is 5.78 Å². The molecule has 0 unspecified atom stereocenters. The summed E-state index contributed by atoms with van der Waals surface area (Å²) in [7, 11) is -4.74. The van der Waals surface area contributed by atoms with Crippen molar-refractivity contribution in [1.29, 1.82) is 0 Å². The number of aromatic carboxylic acids is 1. The molecular formula is C22H16O9S. The van der Waals surface area contributed by atoms with E-state index in [-0.39, 0.29) is 27.8 Å². The molecule has 4 N–H and O–H groups in total. The summed E-state index contributed by atoms with van der Waals surface area (Å²) in [4.78, 5) is 34.8. The van der Waals surface area contributed by atoms with E-state index < -0.39 is 49.6 Å². The minimum atomic E-state index is -4.74. The Bertz CT molecular complexity index is 1380. The van der Waals surface area contributed by atoms with Crippen molar-refractivity contribution < 1.29 is 42.7 Å². The minimum Gasteiger partial charge on any atom is -0.507 e. The third-order valence-corrected chi connectivity index (χ3v) is 5.66. The first kappa shape index (κ1) is 22.7. The topological polar surface area (TPSA) is 166 Å². The van der Waals surface area contributed by atoms with Crippen molar-refractivity contribution in [2.45, 2.75) is 11.8 Å². The number of phenols is 1. The summed E-state index contributed by atoms with van der Waals surface area (Å²) in [6, 6.07) is 8.76. The molecule has 0 bridgehead atoms. The zero-order valence-electron chi connectivity index (χ0n) is 16.4. The highest BCUT2D eigenvalue weighted by atomic mass is 32.2. The van der Waals surface area contributed by atoms with E-state index in [0.717, 1.165) is 24.3 Å². The minimum absolute atomic E-state index is 0.0336. The number of carbonyl (C=O) groups excluding carboxylic acids is 1. The van der Waals surface area contributed by atoms with Gasteiger partial charge in [0.2, 0.25) is 0 Å². The maximum absolute atomic E-state index is 12.2. The van der Waals surface area contributed by atoms with Gasteiger partial charge in [-0.15, -0.1) is 0 Å². The fourth-order valence-corrected chi connectivity index (χ4v) is 4.01. The highest BCUT2D eigenvalue weighted by molar-refractivity contribution is 7.86. The summed E-state index contributed by atoms with van der Waals surface area (Å²) in [6.45, 7) is 1.38. The molecule has 0 aliphatic heterocycles. The number of hydrogen-bond acceptors (Lipinski definition) is 6. The highest BCUT2D eigenvalue weighted by Gasteiger charge is 2.27. The number of rotatable bonds is 5. The maximum Gasteiger partial charge on any atom is 0.339 e. The second-order valence-corrected chi connectivity index (χ2v) is 8.25. The summed E-state index contributed by atoms with van der Waals surface area (Å²) in [6.07, 6.45) is 2.37. The Morgan fingerprint density at radius 2 is 1.56 bits per heavy atom. The predicted molar refractivity (Wildman–Crippen MR) is 112 cm³/mol. The van der Waals surface area contributed by atoms with Crippen LogP contribution in [0.15, 0.2) is 76.2 Å². The van der Waals surface area contributed by atoms with Crippen molar-refractivity contribution in [3.8, 4) is 5.75 Å². The molecule has 0 atom stereocenters. The predicted octanol–water partition coefficient (Wildman–Crippen LogP) is 2.68. The van der Waals surface area contributed by atoms with Gasteiger partial charge in [0.1, 0.15) is 21.8 Å². The number of aromatic hydroxyl groups is 1. The number of carboxylic acid groups (broad SMARTS) is 2. The van der Waals surface area contributed by atoms with Crippen LogP contribution in [0, 0.1) is 0 Å². The van der Waals surface area contributed by atoms with E-state index in [9.17, 15) is 42.7 Å². The number of ketones is 1. The summed E-state index contributed by atoms with van der Waals surface area (Å²) in [5.74, 6) is -4.23. The van der Waals surface area contributed by atoms with Gasteiger partial charge in [-0.05, 0) is 59.6 Å². The van der Waals surface area contributed by atoms with Gasteiger partial charge in [-0.25, -0.2) is 9.59 Å². The smallest absolute Gasteiger partial charge is 0.339 e. The summed E-state index contributed by atoms with van der Waals surface area (Å²) < 4.78 is 33.7. The van der Waals surface area contributed by atoms with Gasteiger partial charge in [-0.1, -0.05) is 24.3 Å². The maximum atomic E-state index is 12.2. The molecule has 3 rings (SSSR count). The number of Topliss-reactive ketones (excluding diaryl/α,β-unsaturated/α-hetero) is 1. The Kier molecular flexibility index (Phi) is 5.84. The third-order valence-electron chi connectivity index (χ3n) is 4.74. The third kappa shape index (κ3) is 4.22. The molecule has 0 aromatic heterocycles. The molecule has 0 fully saturated rings. The van der Waals surface area contributed by atoms with E-state index in [2.05, 4.69) is 0 Å². The molecule has 0 radical (unpaired) electrons. The molecule has 0 saturated carbocycles. The van der Waals surface area contributed by atoms with Crippen molar-refractivity contribution in [3.63, 3.8) is 0 Å². The summed E-state index contributed by atoms with van der Waals surface area (Å²) in [5.41, 5.74) is -0.834. The van der Waals surface area contributed by atoms with Crippen LogP contribution in [0.4, 0.5) is 0 Å². The SMILES string of the molecule is CC1=CC(=C(c2ccc(O)c(C(=O)O)c2)c2ccccc2S(=O)(=O)O)C=C(C(=O)O)C1=O. The van der Waals surface area contributed by atoms with Crippen LogP contribution in [0.3, 0.4) is 0 Å². The standard InChI is InChI=1S/C22H16O9S/c1-11-8-13(10-16(20(11)24)22(27)28)19(12-6-7-17(23)15(9-12)21(25)26)14-4-2-3-5-18(14)32(29,30)31/h2-10,23H,1H3,(H,25,26)(H,27,28)(H,29,30,31). The first-order valence-electron chi connectivity index (χ1n) is 8.97. The molecule has 32 heavy (non-hydrogen) atoms. The van der Waals surface area contributed by atoms with E-state index in [1.165, 1.54) is 37.3 Å². The number of benzene rings is 2. The lowest BCUT2D eigenvalue weighted by Gasteiger charge is -2.18. The Hall–Kier alpha value is -4.02. The molecule has 1 aliphatic rings. The van der Waals surface area contributed by atoms with E-state index in [1.54, 1.807) is 0 Å². The zero-order valence-corrected chi connectivity index (χ0v) is 17.3. The fourth-order valence-electron chi connectivity index (χ4n) is 3.32. The van der Waals surface area contributed by atoms with Gasteiger partial charge < -0.3 is 15.3 Å². The summed E-state index contributed by atoms with van der Waals surface area (Å²) in [5, 5.41) is 28.7. The van der Waals surface area contributed by atoms with Crippen LogP contribution in [-0.2, 0) is 19.7 Å². The van der Waals surface area contributed by atoms with Crippen molar-refractivity contribution >= 4 is 33.4 Å². The van der Waals surface area contributed by atoms with Crippen LogP contribution in [0.25, 0.3) is 5.57 Å². The molecular weight excluding hydrogens is 440 g/mol. The number of hydrogen-bond donors (Lipinski definition) is 4. The monoisotopic (exact) mass is 456 g/mol. The quantitative estimate of drug-likeness (QED) is 0.391. The van der Waals surface area contributed by atoms with Gasteiger partial charge in [0.05, 0.1) is 0 Å². The number of carbonyl (C=O) groups is 3. The second kappa shape index (κ2) is 8.25. The number of aliphatic carboxylic acids is 1. The first-order valence-corrected chi connectivity index (χ1v) is 10.4. The molecule has 9 nitrogen and oxygen atoms in total. The van der Waals surface area contributed by atoms with E-state index in [0.29, 0.717) is 0 Å². The average molecular weight is 456 g/mol. The van der Waals surface area contributed by atoms with Crippen molar-refractivity contribution in [2.24, 2.45) is 0 Å². The van der Waals surface area contributed by atoms with E-state index in [1.807, 2.05) is 0 Å². The van der Waals surface area contributed by atoms with Gasteiger partial charge in [0, 0.05) is 5.56 Å². The number of carboxylic acids is 2. The van der Waals surface area contributed by atoms with E-state index >= 15 is 0 Å². The van der Waals surface area contributed by atoms with Crippen LogP contribution in [0.5, 0.6) is 5.75 Å².